The lowest BCUT2D eigenvalue weighted by Crippen LogP contribution is -2.10. The topological polar surface area (TPSA) is 76.9 Å². The van der Waals surface area contributed by atoms with Crippen LogP contribution in [-0.4, -0.2) is 29.0 Å². The number of nitrogens with one attached hydrogen (secondary N) is 2. The fourth-order valence-electron chi connectivity index (χ4n) is 3.15. The molecule has 0 radical (unpaired) electrons. The Hall–Kier alpha value is -3.91. The van der Waals surface area contributed by atoms with Crippen LogP contribution in [0.25, 0.3) is 10.3 Å². The molecular formula is C24H20N6S. The second-order valence-corrected chi connectivity index (χ2v) is 8.24. The summed E-state index contributed by atoms with van der Waals surface area (Å²) in [5.74, 6) is 2.62. The van der Waals surface area contributed by atoms with Crippen LogP contribution in [0.4, 0.5) is 22.2 Å². The summed E-state index contributed by atoms with van der Waals surface area (Å²) >= 11 is 1.45. The first-order valence-corrected chi connectivity index (χ1v) is 10.4. The average molecular weight is 425 g/mol. The number of hydrogen-bond donors (Lipinski definition) is 2. The lowest BCUT2D eigenvalue weighted by molar-refractivity contribution is 0.402. The van der Waals surface area contributed by atoms with Crippen LogP contribution < -0.4 is 10.6 Å². The minimum absolute atomic E-state index is 0.446. The van der Waals surface area contributed by atoms with E-state index in [1.807, 2.05) is 50.5 Å². The van der Waals surface area contributed by atoms with Crippen LogP contribution in [-0.2, 0) is 6.54 Å². The monoisotopic (exact) mass is 424 g/mol. The van der Waals surface area contributed by atoms with Gasteiger partial charge in [0.05, 0.1) is 11.3 Å². The molecule has 0 aliphatic heterocycles. The molecule has 0 aliphatic rings. The van der Waals surface area contributed by atoms with E-state index in [9.17, 15) is 5.26 Å². The molecular weight excluding hydrogens is 404 g/mol. The van der Waals surface area contributed by atoms with Gasteiger partial charge in [0.2, 0.25) is 0 Å². The number of nitriles is 1. The Kier molecular flexibility index (Phi) is 5.81. The summed E-state index contributed by atoms with van der Waals surface area (Å²) < 4.78 is 0.803. The van der Waals surface area contributed by atoms with Crippen LogP contribution in [0.3, 0.4) is 0 Å². The molecule has 0 bridgehead atoms. The van der Waals surface area contributed by atoms with Crippen LogP contribution in [0.2, 0.25) is 0 Å². The standard InChI is InChI=1S/C24H20N6S/c1-4-16-6-5-7-20(12-16)27-21-18(13-25)14-26-23-22(21)31-24(29-23)28-19-10-8-17(9-11-19)15-30(2)3/h1,5-12,14H,15H2,2-3H3,(H2,26,27,28,29). The minimum atomic E-state index is 0.446. The van der Waals surface area contributed by atoms with Gasteiger partial charge in [-0.3, -0.25) is 0 Å². The fraction of sp³-hybridized carbons (Fsp3) is 0.125. The Morgan fingerprint density at radius 2 is 1.90 bits per heavy atom. The maximum atomic E-state index is 9.59. The van der Waals surface area contributed by atoms with E-state index in [-0.39, 0.29) is 0 Å². The van der Waals surface area contributed by atoms with E-state index in [1.165, 1.54) is 23.1 Å². The molecule has 0 fully saturated rings. The number of nitrogens with zero attached hydrogens (tertiary/aromatic N) is 4. The van der Waals surface area contributed by atoms with Crippen molar-refractivity contribution in [3.8, 4) is 18.4 Å². The van der Waals surface area contributed by atoms with Gasteiger partial charge in [0.25, 0.3) is 0 Å². The molecule has 0 spiro atoms. The largest absolute Gasteiger partial charge is 0.353 e. The molecule has 31 heavy (non-hydrogen) atoms. The zero-order valence-electron chi connectivity index (χ0n) is 17.2. The van der Waals surface area contributed by atoms with Gasteiger partial charge in [0, 0.05) is 29.7 Å². The maximum Gasteiger partial charge on any atom is 0.189 e. The zero-order chi connectivity index (χ0) is 21.8. The predicted molar refractivity (Wildman–Crippen MR) is 127 cm³/mol. The van der Waals surface area contributed by atoms with Crippen molar-refractivity contribution < 1.29 is 0 Å². The molecule has 0 atom stereocenters. The SMILES string of the molecule is C#Cc1cccc(Nc2c(C#N)cnc3nc(Nc4ccc(CN(C)C)cc4)sc23)c1. The molecule has 0 saturated heterocycles. The van der Waals surface area contributed by atoms with E-state index in [2.05, 4.69) is 49.6 Å². The first kappa shape index (κ1) is 20.4. The summed E-state index contributed by atoms with van der Waals surface area (Å²) in [6.07, 6.45) is 7.05. The van der Waals surface area contributed by atoms with E-state index in [0.29, 0.717) is 22.0 Å². The quantitative estimate of drug-likeness (QED) is 0.420. The molecule has 0 aliphatic carbocycles. The molecule has 4 aromatic rings. The summed E-state index contributed by atoms with van der Waals surface area (Å²) in [4.78, 5) is 11.1. The second kappa shape index (κ2) is 8.85. The molecule has 0 unspecified atom stereocenters. The highest BCUT2D eigenvalue weighted by atomic mass is 32.1. The number of pyridine rings is 1. The number of benzene rings is 2. The molecule has 7 heteroatoms. The van der Waals surface area contributed by atoms with Crippen LogP contribution in [0.15, 0.2) is 54.7 Å². The number of hydrogen-bond acceptors (Lipinski definition) is 7. The van der Waals surface area contributed by atoms with Crippen molar-refractivity contribution in [1.29, 1.82) is 5.26 Å². The number of terminal acetylenes is 1. The summed E-state index contributed by atoms with van der Waals surface area (Å²) in [6, 6.07) is 18.0. The maximum absolute atomic E-state index is 9.59. The van der Waals surface area contributed by atoms with Crippen molar-refractivity contribution in [2.75, 3.05) is 24.7 Å². The third-order valence-electron chi connectivity index (χ3n) is 4.54. The Morgan fingerprint density at radius 3 is 2.61 bits per heavy atom. The van der Waals surface area contributed by atoms with Gasteiger partial charge in [-0.15, -0.1) is 6.42 Å². The predicted octanol–water partition coefficient (Wildman–Crippen LogP) is 5.09. The normalized spacial score (nSPS) is 10.6. The van der Waals surface area contributed by atoms with Gasteiger partial charge in [0.15, 0.2) is 10.8 Å². The average Bonchev–Trinajstić information content (AvgIpc) is 3.18. The molecule has 0 amide bonds. The summed E-state index contributed by atoms with van der Waals surface area (Å²) in [7, 11) is 4.09. The summed E-state index contributed by atoms with van der Waals surface area (Å²) in [6.45, 7) is 0.887. The molecule has 6 nitrogen and oxygen atoms in total. The summed E-state index contributed by atoms with van der Waals surface area (Å²) in [5, 5.41) is 17.0. The third kappa shape index (κ3) is 4.65. The molecule has 2 aromatic heterocycles. The van der Waals surface area contributed by atoms with Crippen molar-refractivity contribution in [3.63, 3.8) is 0 Å². The van der Waals surface area contributed by atoms with Crippen molar-refractivity contribution >= 4 is 43.9 Å². The Bertz CT molecular complexity index is 1310. The van der Waals surface area contributed by atoms with Gasteiger partial charge in [-0.25, -0.2) is 4.98 Å². The van der Waals surface area contributed by atoms with E-state index in [0.717, 1.165) is 28.2 Å². The molecule has 0 saturated carbocycles. The lowest BCUT2D eigenvalue weighted by Gasteiger charge is -2.10. The van der Waals surface area contributed by atoms with E-state index in [4.69, 9.17) is 6.42 Å². The van der Waals surface area contributed by atoms with Gasteiger partial charge in [-0.05, 0) is 50.0 Å². The van der Waals surface area contributed by atoms with Gasteiger partial charge >= 0.3 is 0 Å². The van der Waals surface area contributed by atoms with Crippen LogP contribution in [0, 0.1) is 23.7 Å². The molecule has 4 rings (SSSR count). The second-order valence-electron chi connectivity index (χ2n) is 7.24. The third-order valence-corrected chi connectivity index (χ3v) is 5.52. The van der Waals surface area contributed by atoms with Gasteiger partial charge in [-0.2, -0.15) is 10.2 Å². The number of aromatic nitrogens is 2. The zero-order valence-corrected chi connectivity index (χ0v) is 18.0. The first-order chi connectivity index (χ1) is 15.1. The highest BCUT2D eigenvalue weighted by molar-refractivity contribution is 7.22. The Labute approximate surface area is 185 Å². The Morgan fingerprint density at radius 1 is 1.10 bits per heavy atom. The number of rotatable bonds is 6. The summed E-state index contributed by atoms with van der Waals surface area (Å²) in [5.41, 5.74) is 5.44. The highest BCUT2D eigenvalue weighted by Gasteiger charge is 2.15. The van der Waals surface area contributed by atoms with E-state index in [1.54, 1.807) is 0 Å². The van der Waals surface area contributed by atoms with Crippen LogP contribution in [0.5, 0.6) is 0 Å². The lowest BCUT2D eigenvalue weighted by atomic mass is 10.2. The first-order valence-electron chi connectivity index (χ1n) is 9.60. The van der Waals surface area contributed by atoms with Crippen molar-refractivity contribution in [2.24, 2.45) is 0 Å². The molecule has 2 aromatic carbocycles. The van der Waals surface area contributed by atoms with Crippen LogP contribution in [0.1, 0.15) is 16.7 Å². The van der Waals surface area contributed by atoms with Crippen molar-refractivity contribution in [1.82, 2.24) is 14.9 Å². The number of anilines is 4. The number of fused-ring (bicyclic) bond motifs is 1. The van der Waals surface area contributed by atoms with Crippen molar-refractivity contribution in [2.45, 2.75) is 6.54 Å². The highest BCUT2D eigenvalue weighted by Crippen LogP contribution is 2.36. The molecule has 2 heterocycles. The Balaban J connectivity index is 1.65. The molecule has 2 N–H and O–H groups in total. The van der Waals surface area contributed by atoms with Gasteiger partial charge in [0.1, 0.15) is 10.8 Å². The number of thiazole rings is 1. The van der Waals surface area contributed by atoms with Gasteiger partial charge < -0.3 is 15.5 Å². The smallest absolute Gasteiger partial charge is 0.189 e. The van der Waals surface area contributed by atoms with E-state index >= 15 is 0 Å². The van der Waals surface area contributed by atoms with Gasteiger partial charge in [-0.1, -0.05) is 35.5 Å². The fourth-order valence-corrected chi connectivity index (χ4v) is 4.10. The minimum Gasteiger partial charge on any atom is -0.353 e. The molecule has 152 valence electrons. The van der Waals surface area contributed by atoms with E-state index < -0.39 is 0 Å². The van der Waals surface area contributed by atoms with Crippen LogP contribution >= 0.6 is 11.3 Å². The van der Waals surface area contributed by atoms with Crippen molar-refractivity contribution in [3.05, 3.63) is 71.4 Å².